The summed E-state index contributed by atoms with van der Waals surface area (Å²) in [6.45, 7) is 28.9. The Morgan fingerprint density at radius 3 is 1.12 bits per heavy atom. The van der Waals surface area contributed by atoms with Crippen LogP contribution in [0.2, 0.25) is 0 Å². The fourth-order valence-corrected chi connectivity index (χ4v) is 13.5. The maximum atomic E-state index is 13.8. The third-order valence-electron chi connectivity index (χ3n) is 20.7. The van der Waals surface area contributed by atoms with E-state index in [0.717, 1.165) is 97.6 Å². The molecule has 8 rings (SSSR count). The van der Waals surface area contributed by atoms with E-state index in [1.54, 1.807) is 55.6 Å². The summed E-state index contributed by atoms with van der Waals surface area (Å²) in [6.07, 6.45) is 1.64. The fourth-order valence-electron chi connectivity index (χ4n) is 13.5. The first-order valence-electron chi connectivity index (χ1n) is 46.4. The largest absolute Gasteiger partial charge is 0.416 e. The third-order valence-corrected chi connectivity index (χ3v) is 20.7. The molecule has 0 saturated heterocycles. The number of rotatable bonds is 70. The normalized spacial score (nSPS) is 11.3. The second-order valence-electron chi connectivity index (χ2n) is 30.7. The number of anilines is 4. The van der Waals surface area contributed by atoms with Gasteiger partial charge in [0.15, 0.2) is 0 Å². The van der Waals surface area contributed by atoms with Crippen LogP contribution in [0.25, 0.3) is 22.5 Å². The molecular formula is C101H140F3N11O20. The number of aryl methyl sites for hydroxylation is 3. The van der Waals surface area contributed by atoms with E-state index in [4.69, 9.17) is 76.8 Å². The van der Waals surface area contributed by atoms with Crippen LogP contribution in [0.15, 0.2) is 170 Å². The standard InChI is InChI=1S/C59H88N6O14.C42H52F3N5O6/c1-6-65(7-2)53-16-17-55(54(46-53)56-45-52(18-19-60-56)57(66)62-47-50-13-8-11-48(3)43-50)63-58(67)51-15-9-12-49(44-51)14-10-22-70-27-30-74-35-36-75-31-28-71-23-20-61-59(68)64(4)21-24-72-29-32-76-37-38-78-41-42-79-40-39-77-34-33-73-26-25-69-5;1-3-50(4-2)36-13-14-38(37(29-36)39-28-34(15-17-47-39)40(51)48-30-32-9-6-12-35(27-32)42(43,44)45)49-41(52)33-11-5-8-31(26-33)10-7-18-53-20-22-55-24-25-56-23-21-54-19-16-46/h8-9,11-13,15-19,43-46H,6-7,10,14,20-42,47H2,1-5H3,(H,61,68)(H,62,66)(H,63,67);5-6,8-9,11-15,17,26-29H,3-4,7,10,16,18-25,30,46H2,1-2H3,(H,48,51)(H,49,52). The number of halogens is 3. The number of hydrogen-bond donors (Lipinski definition) is 6. The van der Waals surface area contributed by atoms with Crippen molar-refractivity contribution in [3.8, 4) is 22.5 Å². The summed E-state index contributed by atoms with van der Waals surface area (Å²) >= 11 is 0. The molecule has 8 aromatic rings. The van der Waals surface area contributed by atoms with Crippen molar-refractivity contribution >= 4 is 52.4 Å². The SMILES string of the molecule is CCN(CC)c1ccc(NC(=O)c2cccc(CCCOCCOCCOCCOCCN)c2)c(-c2cc(C(=O)NCc3cccc(C(F)(F)F)c3)ccn2)c1.CCN(CC)c1ccc(NC(=O)c2cccc(CCCOCCOCCOCCOCCNC(=O)N(C)CCOCCOCCOCCOCCOCCOCCOC)c2)c(-c2cc(C(=O)NCc3cccc(C)c3)ccn2)c1. The van der Waals surface area contributed by atoms with Gasteiger partial charge in [-0.25, -0.2) is 4.79 Å². The lowest BCUT2D eigenvalue weighted by molar-refractivity contribution is -0.137. The zero-order valence-electron chi connectivity index (χ0n) is 79.5. The molecule has 0 unspecified atom stereocenters. The number of urea groups is 1. The molecule has 135 heavy (non-hydrogen) atoms. The number of amides is 6. The third kappa shape index (κ3) is 45.4. The van der Waals surface area contributed by atoms with Gasteiger partial charge in [0.05, 0.1) is 207 Å². The molecule has 0 fully saturated rings. The predicted octanol–water partition coefficient (Wildman–Crippen LogP) is 13.2. The number of nitrogens with one attached hydrogen (secondary N) is 5. The molecule has 0 bridgehead atoms. The van der Waals surface area contributed by atoms with Gasteiger partial charge in [-0.2, -0.15) is 13.2 Å². The number of nitrogens with two attached hydrogens (primary N) is 1. The van der Waals surface area contributed by atoms with Crippen molar-refractivity contribution in [2.45, 2.75) is 79.6 Å². The van der Waals surface area contributed by atoms with Crippen molar-refractivity contribution in [2.24, 2.45) is 5.73 Å². The van der Waals surface area contributed by atoms with Crippen LogP contribution in [-0.2, 0) is 103 Å². The molecule has 0 aliphatic rings. The number of alkyl halides is 3. The number of ether oxygens (including phenoxy) is 15. The smallest absolute Gasteiger partial charge is 0.382 e. The van der Waals surface area contributed by atoms with Gasteiger partial charge in [-0.05, 0) is 180 Å². The van der Waals surface area contributed by atoms with E-state index in [2.05, 4.69) is 60.2 Å². The Labute approximate surface area is 793 Å². The van der Waals surface area contributed by atoms with Crippen LogP contribution < -0.4 is 42.1 Å². The first-order chi connectivity index (χ1) is 65.8. The van der Waals surface area contributed by atoms with Crippen molar-refractivity contribution in [1.82, 2.24) is 30.8 Å². The number of carbonyl (C=O) groups is 5. The van der Waals surface area contributed by atoms with Crippen LogP contribution in [0, 0.1) is 6.92 Å². The molecule has 6 aromatic carbocycles. The Morgan fingerprint density at radius 2 is 0.726 bits per heavy atom. The Bertz CT molecular complexity index is 4670. The van der Waals surface area contributed by atoms with Crippen molar-refractivity contribution in [1.29, 1.82) is 0 Å². The lowest BCUT2D eigenvalue weighted by Crippen LogP contribution is -2.40. The van der Waals surface area contributed by atoms with Crippen LogP contribution in [0.4, 0.5) is 40.7 Å². The summed E-state index contributed by atoms with van der Waals surface area (Å²) in [7, 11) is 3.35. The number of pyridine rings is 2. The average Bonchev–Trinajstić information content (AvgIpc) is 0.804. The highest BCUT2D eigenvalue weighted by atomic mass is 19.4. The van der Waals surface area contributed by atoms with E-state index in [9.17, 15) is 37.1 Å². The molecule has 7 N–H and O–H groups in total. The Morgan fingerprint density at radius 1 is 0.370 bits per heavy atom. The van der Waals surface area contributed by atoms with Gasteiger partial charge in [-0.1, -0.05) is 66.2 Å². The summed E-state index contributed by atoms with van der Waals surface area (Å²) in [6, 6.07) is 45.9. The van der Waals surface area contributed by atoms with Gasteiger partial charge in [0.25, 0.3) is 23.6 Å². The van der Waals surface area contributed by atoms with Crippen LogP contribution in [0.3, 0.4) is 0 Å². The van der Waals surface area contributed by atoms with E-state index >= 15 is 0 Å². The molecule has 6 amide bonds. The van der Waals surface area contributed by atoms with Crippen molar-refractivity contribution in [3.05, 3.63) is 226 Å². The molecule has 0 radical (unpaired) electrons. The lowest BCUT2D eigenvalue weighted by atomic mass is 10.0. The Balaban J connectivity index is 0.000000390. The van der Waals surface area contributed by atoms with Crippen LogP contribution >= 0.6 is 0 Å². The highest BCUT2D eigenvalue weighted by Crippen LogP contribution is 2.35. The molecule has 0 saturated carbocycles. The van der Waals surface area contributed by atoms with E-state index in [1.807, 2.05) is 118 Å². The fraction of sp³-hybridized carbons (Fsp3) is 0.495. The van der Waals surface area contributed by atoms with Gasteiger partial charge in [-0.3, -0.25) is 29.1 Å². The summed E-state index contributed by atoms with van der Waals surface area (Å²) in [5, 5.41) is 14.7. The summed E-state index contributed by atoms with van der Waals surface area (Å²) < 4.78 is 122. The van der Waals surface area contributed by atoms with Gasteiger partial charge < -0.3 is 118 Å². The summed E-state index contributed by atoms with van der Waals surface area (Å²) in [5.41, 5.74) is 16.2. The van der Waals surface area contributed by atoms with Crippen molar-refractivity contribution in [3.63, 3.8) is 0 Å². The molecular weight excluding hydrogens is 1740 g/mol. The van der Waals surface area contributed by atoms with E-state index < -0.39 is 17.6 Å². The minimum absolute atomic E-state index is 0.0928. The lowest BCUT2D eigenvalue weighted by Gasteiger charge is -2.23. The number of nitrogens with zero attached hydrogens (tertiary/aromatic N) is 5. The summed E-state index contributed by atoms with van der Waals surface area (Å²) in [4.78, 5) is 81.4. The van der Waals surface area contributed by atoms with Crippen molar-refractivity contribution in [2.75, 3.05) is 272 Å². The van der Waals surface area contributed by atoms with Gasteiger partial charge in [-0.15, -0.1) is 0 Å². The Hall–Kier alpha value is -10.5. The zero-order chi connectivity index (χ0) is 96.6. The molecule has 0 spiro atoms. The number of carbonyl (C=O) groups excluding carboxylic acids is 5. The Kier molecular flexibility index (Phi) is 55.9. The molecule has 740 valence electrons. The van der Waals surface area contributed by atoms with Crippen LogP contribution in [-0.4, -0.2) is 296 Å². The minimum atomic E-state index is -4.49. The van der Waals surface area contributed by atoms with Crippen molar-refractivity contribution < 1.29 is 108 Å². The maximum Gasteiger partial charge on any atom is 0.416 e. The number of likely N-dealkylation sites (N-methyl/N-ethyl adjacent to an activating group) is 1. The van der Waals surface area contributed by atoms with Gasteiger partial charge in [0.1, 0.15) is 0 Å². The predicted molar refractivity (Wildman–Crippen MR) is 515 cm³/mol. The number of methoxy groups -OCH3 is 1. The topological polar surface area (TPSA) is 345 Å². The monoisotopic (exact) mass is 1880 g/mol. The first kappa shape index (κ1) is 112. The second kappa shape index (κ2) is 67.7. The number of aromatic nitrogens is 2. The highest BCUT2D eigenvalue weighted by Gasteiger charge is 2.31. The molecule has 0 atom stereocenters. The summed E-state index contributed by atoms with van der Waals surface area (Å²) in [5.74, 6) is -1.24. The van der Waals surface area contributed by atoms with E-state index in [0.29, 0.717) is 274 Å². The molecule has 34 heteroatoms. The molecule has 0 aliphatic carbocycles. The van der Waals surface area contributed by atoms with E-state index in [-0.39, 0.29) is 35.9 Å². The molecule has 2 aromatic heterocycles. The van der Waals surface area contributed by atoms with Crippen LogP contribution in [0.1, 0.15) is 115 Å². The number of hydrogen-bond acceptors (Lipinski definition) is 25. The number of benzene rings is 6. The minimum Gasteiger partial charge on any atom is -0.382 e. The molecule has 2 heterocycles. The quantitative estimate of drug-likeness (QED) is 0.0193. The highest BCUT2D eigenvalue weighted by molar-refractivity contribution is 6.08. The van der Waals surface area contributed by atoms with Gasteiger partial charge in [0.2, 0.25) is 0 Å². The van der Waals surface area contributed by atoms with Gasteiger partial charge >= 0.3 is 12.2 Å². The zero-order valence-corrected chi connectivity index (χ0v) is 79.5. The first-order valence-corrected chi connectivity index (χ1v) is 46.4. The van der Waals surface area contributed by atoms with E-state index in [1.165, 1.54) is 24.4 Å². The molecule has 0 aliphatic heterocycles. The average molecular weight is 1890 g/mol. The van der Waals surface area contributed by atoms with Crippen LogP contribution in [0.5, 0.6) is 0 Å². The van der Waals surface area contributed by atoms with Gasteiger partial charge in [0, 0.05) is 143 Å². The maximum absolute atomic E-state index is 13.8. The second-order valence-corrected chi connectivity index (χ2v) is 30.7. The molecule has 31 nitrogen and oxygen atoms in total.